The molecule has 5 nitrogen and oxygen atoms in total. The van der Waals surface area contributed by atoms with Gasteiger partial charge in [0.2, 0.25) is 0 Å². The number of anilines is 1. The number of hydrogen-bond acceptors (Lipinski definition) is 3. The molecule has 0 aromatic heterocycles. The molecule has 1 N–H and O–H groups in total. The summed E-state index contributed by atoms with van der Waals surface area (Å²) in [4.78, 5) is 25.8. The Morgan fingerprint density at radius 1 is 1.07 bits per heavy atom. The highest BCUT2D eigenvalue weighted by Gasteiger charge is 2.23. The van der Waals surface area contributed by atoms with Gasteiger partial charge in [-0.1, -0.05) is 18.2 Å². The number of hydrogen-bond donors (Lipinski definition) is 1. The Labute approximate surface area is 159 Å². The van der Waals surface area contributed by atoms with Gasteiger partial charge in [0.1, 0.15) is 6.61 Å². The maximum absolute atomic E-state index is 12.6. The zero-order valence-electron chi connectivity index (χ0n) is 15.5. The van der Waals surface area contributed by atoms with Crippen LogP contribution in [-0.2, 0) is 17.6 Å². The fourth-order valence-corrected chi connectivity index (χ4v) is 3.81. The third kappa shape index (κ3) is 3.68. The fourth-order valence-electron chi connectivity index (χ4n) is 3.81. The summed E-state index contributed by atoms with van der Waals surface area (Å²) in [6, 6.07) is 13.6. The lowest BCUT2D eigenvalue weighted by Crippen LogP contribution is -2.27. The lowest BCUT2D eigenvalue weighted by Gasteiger charge is -2.20. The molecule has 2 aromatic carbocycles. The van der Waals surface area contributed by atoms with Crippen molar-refractivity contribution in [3.05, 3.63) is 64.7 Å². The Kier molecular flexibility index (Phi) is 4.84. The van der Waals surface area contributed by atoms with Gasteiger partial charge >= 0.3 is 6.09 Å². The van der Waals surface area contributed by atoms with Crippen LogP contribution in [0.4, 0.5) is 10.5 Å². The van der Waals surface area contributed by atoms with E-state index in [1.54, 1.807) is 29.2 Å². The zero-order chi connectivity index (χ0) is 18.8. The molecule has 0 saturated carbocycles. The minimum atomic E-state index is -0.340. The van der Waals surface area contributed by atoms with E-state index in [9.17, 15) is 9.59 Å². The second-order valence-corrected chi connectivity index (χ2v) is 7.24. The number of aryl methyl sites for hydroxylation is 2. The van der Waals surface area contributed by atoms with Gasteiger partial charge in [0, 0.05) is 11.3 Å². The molecule has 2 aromatic rings. The zero-order valence-corrected chi connectivity index (χ0v) is 15.5. The van der Waals surface area contributed by atoms with Crippen LogP contribution in [-0.4, -0.2) is 25.2 Å². The normalized spacial score (nSPS) is 17.2. The van der Waals surface area contributed by atoms with E-state index < -0.39 is 0 Å². The number of carbonyl (C=O) groups excluding carboxylic acids is 2. The minimum Gasteiger partial charge on any atom is -0.447 e. The van der Waals surface area contributed by atoms with Crippen molar-refractivity contribution in [2.75, 3.05) is 18.1 Å². The van der Waals surface area contributed by atoms with Gasteiger partial charge in [-0.25, -0.2) is 4.79 Å². The third-order valence-corrected chi connectivity index (χ3v) is 5.42. The summed E-state index contributed by atoms with van der Waals surface area (Å²) in [5, 5.41) is 3.07. The number of rotatable bonds is 4. The summed E-state index contributed by atoms with van der Waals surface area (Å²) >= 11 is 0. The molecule has 2 amide bonds. The van der Waals surface area contributed by atoms with E-state index in [1.807, 2.05) is 6.92 Å². The molecule has 1 saturated heterocycles. The molecule has 0 radical (unpaired) electrons. The molecule has 1 atom stereocenters. The van der Waals surface area contributed by atoms with E-state index >= 15 is 0 Å². The van der Waals surface area contributed by atoms with Gasteiger partial charge in [-0.05, 0) is 73.6 Å². The Balaban J connectivity index is 1.43. The first-order chi connectivity index (χ1) is 13.1. The number of fused-ring (bicyclic) bond motifs is 1. The fraction of sp³-hybridized carbons (Fsp3) is 0.364. The second kappa shape index (κ2) is 7.43. The lowest BCUT2D eigenvalue weighted by molar-refractivity contribution is 0.0940. The second-order valence-electron chi connectivity index (χ2n) is 7.24. The van der Waals surface area contributed by atoms with Crippen LogP contribution < -0.4 is 10.2 Å². The van der Waals surface area contributed by atoms with Gasteiger partial charge in [0.25, 0.3) is 5.91 Å². The van der Waals surface area contributed by atoms with Crippen LogP contribution in [0, 0.1) is 0 Å². The van der Waals surface area contributed by atoms with Crippen molar-refractivity contribution < 1.29 is 14.3 Å². The monoisotopic (exact) mass is 364 g/mol. The molecule has 140 valence electrons. The van der Waals surface area contributed by atoms with Crippen molar-refractivity contribution in [2.24, 2.45) is 0 Å². The number of benzene rings is 2. The van der Waals surface area contributed by atoms with E-state index in [0.29, 0.717) is 18.7 Å². The Morgan fingerprint density at radius 3 is 2.52 bits per heavy atom. The maximum Gasteiger partial charge on any atom is 0.414 e. The smallest absolute Gasteiger partial charge is 0.414 e. The minimum absolute atomic E-state index is 0.0574. The number of ether oxygens (including phenoxy) is 1. The molecular formula is C22H24N2O3. The van der Waals surface area contributed by atoms with E-state index in [1.165, 1.54) is 24.0 Å². The molecule has 1 unspecified atom stereocenters. The third-order valence-electron chi connectivity index (χ3n) is 5.42. The van der Waals surface area contributed by atoms with Crippen molar-refractivity contribution in [2.45, 2.75) is 38.6 Å². The summed E-state index contributed by atoms with van der Waals surface area (Å²) < 4.78 is 4.95. The summed E-state index contributed by atoms with van der Waals surface area (Å²) in [7, 11) is 0. The van der Waals surface area contributed by atoms with Crippen molar-refractivity contribution in [1.82, 2.24) is 5.32 Å². The highest BCUT2D eigenvalue weighted by molar-refractivity contribution is 5.95. The van der Waals surface area contributed by atoms with Crippen LogP contribution in [0.15, 0.2) is 42.5 Å². The van der Waals surface area contributed by atoms with Crippen LogP contribution in [0.25, 0.3) is 0 Å². The maximum atomic E-state index is 12.6. The quantitative estimate of drug-likeness (QED) is 0.892. The predicted molar refractivity (Wildman–Crippen MR) is 104 cm³/mol. The molecule has 2 aliphatic rings. The first-order valence-electron chi connectivity index (χ1n) is 9.59. The molecule has 5 heteroatoms. The predicted octanol–water partition coefficient (Wildman–Crippen LogP) is 4.01. The first kappa shape index (κ1) is 17.6. The van der Waals surface area contributed by atoms with Gasteiger partial charge in [-0.3, -0.25) is 9.69 Å². The Morgan fingerprint density at radius 2 is 1.81 bits per heavy atom. The largest absolute Gasteiger partial charge is 0.447 e. The number of amides is 2. The number of carbonyl (C=O) groups is 2. The molecule has 0 spiro atoms. The van der Waals surface area contributed by atoms with Crippen LogP contribution in [0.1, 0.15) is 52.9 Å². The van der Waals surface area contributed by atoms with Crippen LogP contribution in [0.2, 0.25) is 0 Å². The molecule has 27 heavy (non-hydrogen) atoms. The van der Waals surface area contributed by atoms with Crippen molar-refractivity contribution in [3.63, 3.8) is 0 Å². The van der Waals surface area contributed by atoms with Gasteiger partial charge in [0.15, 0.2) is 0 Å². The summed E-state index contributed by atoms with van der Waals surface area (Å²) in [6.07, 6.45) is 4.46. The summed E-state index contributed by atoms with van der Waals surface area (Å²) in [6.45, 7) is 2.95. The van der Waals surface area contributed by atoms with E-state index in [2.05, 4.69) is 23.5 Å². The van der Waals surface area contributed by atoms with E-state index in [-0.39, 0.29) is 18.0 Å². The highest BCUT2D eigenvalue weighted by Crippen LogP contribution is 2.25. The SMILES string of the molecule is CC(NC(=O)c1ccc(N2CCOC2=O)cc1)c1ccc2c(c1)CCCC2. The standard InChI is InChI=1S/C22H24N2O3/c1-15(18-7-6-16-4-2-3-5-19(16)14-18)23-21(25)17-8-10-20(11-9-17)24-12-13-27-22(24)26/h6-11,14-15H,2-5,12-13H2,1H3,(H,23,25). The van der Waals surface area contributed by atoms with Crippen molar-refractivity contribution >= 4 is 17.7 Å². The molecule has 4 rings (SSSR count). The highest BCUT2D eigenvalue weighted by atomic mass is 16.6. The number of cyclic esters (lactones) is 1. The molecular weight excluding hydrogens is 340 g/mol. The van der Waals surface area contributed by atoms with Gasteiger partial charge < -0.3 is 10.1 Å². The lowest BCUT2D eigenvalue weighted by atomic mass is 9.89. The number of nitrogens with zero attached hydrogens (tertiary/aromatic N) is 1. The van der Waals surface area contributed by atoms with Gasteiger partial charge in [-0.15, -0.1) is 0 Å². The molecule has 1 aliphatic carbocycles. The van der Waals surface area contributed by atoms with E-state index in [4.69, 9.17) is 4.74 Å². The number of nitrogens with one attached hydrogen (secondary N) is 1. The Hall–Kier alpha value is -2.82. The van der Waals surface area contributed by atoms with Crippen LogP contribution in [0.5, 0.6) is 0 Å². The molecule has 1 heterocycles. The van der Waals surface area contributed by atoms with Gasteiger partial charge in [-0.2, -0.15) is 0 Å². The van der Waals surface area contributed by atoms with E-state index in [0.717, 1.165) is 24.1 Å². The first-order valence-corrected chi connectivity index (χ1v) is 9.59. The molecule has 1 aliphatic heterocycles. The Bertz CT molecular complexity index is 860. The summed E-state index contributed by atoms with van der Waals surface area (Å²) in [5.74, 6) is -0.115. The average molecular weight is 364 g/mol. The summed E-state index contributed by atoms with van der Waals surface area (Å²) in [5.41, 5.74) is 5.33. The van der Waals surface area contributed by atoms with Crippen LogP contribution in [0.3, 0.4) is 0 Å². The molecule has 1 fully saturated rings. The van der Waals surface area contributed by atoms with Crippen LogP contribution >= 0.6 is 0 Å². The topological polar surface area (TPSA) is 58.6 Å². The van der Waals surface area contributed by atoms with Gasteiger partial charge in [0.05, 0.1) is 12.6 Å². The molecule has 0 bridgehead atoms. The van der Waals surface area contributed by atoms with Crippen molar-refractivity contribution in [3.8, 4) is 0 Å². The average Bonchev–Trinajstić information content (AvgIpc) is 3.13. The van der Waals surface area contributed by atoms with Crippen molar-refractivity contribution in [1.29, 1.82) is 0 Å².